The Balaban J connectivity index is 1.89. The number of hydrogen-bond donors (Lipinski definition) is 4. The number of thiophene rings is 2. The number of hydrazine groups is 1. The van der Waals surface area contributed by atoms with Crippen LogP contribution in [0.15, 0.2) is 41.8 Å². The van der Waals surface area contributed by atoms with Crippen LogP contribution in [0.1, 0.15) is 15.2 Å². The van der Waals surface area contributed by atoms with Gasteiger partial charge in [-0.15, -0.1) is 22.7 Å². The number of fused-ring (bicyclic) bond motifs is 1. The molecule has 3 heterocycles. The molecule has 144 valence electrons. The average Bonchev–Trinajstić information content (AvgIpc) is 3.35. The minimum Gasteiger partial charge on any atom is -0.397 e. The second-order valence-corrected chi connectivity index (χ2v) is 7.89. The van der Waals surface area contributed by atoms with Crippen LogP contribution in [0.25, 0.3) is 20.7 Å². The van der Waals surface area contributed by atoms with Crippen molar-refractivity contribution >= 4 is 56.0 Å². The number of primary amides is 1. The number of benzene rings is 1. The molecule has 0 saturated heterocycles. The molecule has 1 amide bonds. The molecule has 0 unspecified atom stereocenters. The average molecular weight is 424 g/mol. The Hall–Kier alpha value is -3.68. The van der Waals surface area contributed by atoms with E-state index in [-0.39, 0.29) is 27.8 Å². The number of nitriles is 1. The normalized spacial score (nSPS) is 10.6. The molecule has 0 spiro atoms. The number of rotatable bonds is 5. The van der Waals surface area contributed by atoms with Gasteiger partial charge in [-0.25, -0.2) is 9.37 Å². The van der Waals surface area contributed by atoms with Crippen LogP contribution in [0, 0.1) is 17.1 Å². The number of carbonyl (C=O) groups is 1. The van der Waals surface area contributed by atoms with E-state index in [4.69, 9.17) is 11.5 Å². The molecular formula is C19H13FN6OS2. The van der Waals surface area contributed by atoms with Gasteiger partial charge in [0.15, 0.2) is 5.82 Å². The topological polar surface area (TPSA) is 130 Å². The van der Waals surface area contributed by atoms with E-state index in [1.165, 1.54) is 23.5 Å². The van der Waals surface area contributed by atoms with Crippen molar-refractivity contribution in [2.24, 2.45) is 5.73 Å². The summed E-state index contributed by atoms with van der Waals surface area (Å²) in [5.74, 6) is -0.758. The fourth-order valence-corrected chi connectivity index (χ4v) is 4.61. The number of hydrogen-bond acceptors (Lipinski definition) is 8. The first-order valence-corrected chi connectivity index (χ1v) is 9.96. The Morgan fingerprint density at radius 2 is 1.97 bits per heavy atom. The number of nitrogens with two attached hydrogens (primary N) is 2. The van der Waals surface area contributed by atoms with Crippen LogP contribution in [0.5, 0.6) is 0 Å². The van der Waals surface area contributed by atoms with Crippen LogP contribution < -0.4 is 22.3 Å². The van der Waals surface area contributed by atoms with Crippen LogP contribution in [0.2, 0.25) is 0 Å². The third-order valence-corrected chi connectivity index (χ3v) is 6.15. The van der Waals surface area contributed by atoms with Gasteiger partial charge in [0, 0.05) is 15.8 Å². The summed E-state index contributed by atoms with van der Waals surface area (Å²) < 4.78 is 13.1. The number of nitrogens with one attached hydrogen (secondary N) is 2. The molecule has 0 aliphatic carbocycles. The highest BCUT2D eigenvalue weighted by molar-refractivity contribution is 7.21. The van der Waals surface area contributed by atoms with Crippen LogP contribution in [-0.4, -0.2) is 10.9 Å². The zero-order valence-corrected chi connectivity index (χ0v) is 16.3. The third kappa shape index (κ3) is 3.33. The van der Waals surface area contributed by atoms with Crippen molar-refractivity contribution in [2.45, 2.75) is 0 Å². The molecule has 0 aliphatic rings. The maximum atomic E-state index is 13.1. The molecular weight excluding hydrogens is 411 g/mol. The summed E-state index contributed by atoms with van der Waals surface area (Å²) in [6.45, 7) is 0. The van der Waals surface area contributed by atoms with Crippen LogP contribution in [0.4, 0.5) is 21.6 Å². The molecule has 0 bridgehead atoms. The zero-order chi connectivity index (χ0) is 20.5. The second kappa shape index (κ2) is 7.38. The van der Waals surface area contributed by atoms with Gasteiger partial charge < -0.3 is 11.5 Å². The summed E-state index contributed by atoms with van der Waals surface area (Å²) in [6.07, 6.45) is 0. The van der Waals surface area contributed by atoms with Crippen molar-refractivity contribution in [3.63, 3.8) is 0 Å². The van der Waals surface area contributed by atoms with Crippen molar-refractivity contribution in [1.29, 1.82) is 5.26 Å². The Kier molecular flexibility index (Phi) is 4.75. The van der Waals surface area contributed by atoms with Gasteiger partial charge >= 0.3 is 0 Å². The summed E-state index contributed by atoms with van der Waals surface area (Å²) in [5, 5.41) is 12.3. The summed E-state index contributed by atoms with van der Waals surface area (Å²) in [6, 6.07) is 11.6. The molecule has 6 N–H and O–H groups in total. The molecule has 0 radical (unpaired) electrons. The number of carbonyl (C=O) groups excluding carboxylic acids is 1. The summed E-state index contributed by atoms with van der Waals surface area (Å²) in [7, 11) is 0. The van der Waals surface area contributed by atoms with Gasteiger partial charge in [-0.3, -0.25) is 15.6 Å². The van der Waals surface area contributed by atoms with Gasteiger partial charge in [0.2, 0.25) is 0 Å². The molecule has 4 aromatic rings. The molecule has 3 aromatic heterocycles. The van der Waals surface area contributed by atoms with Gasteiger partial charge in [-0.1, -0.05) is 6.07 Å². The molecule has 0 aliphatic heterocycles. The molecule has 1 aromatic carbocycles. The van der Waals surface area contributed by atoms with Gasteiger partial charge in [0.1, 0.15) is 27.2 Å². The Morgan fingerprint density at radius 3 is 2.59 bits per heavy atom. The highest BCUT2D eigenvalue weighted by Gasteiger charge is 2.24. The number of halogens is 1. The number of nitrogen functional groups attached to an aromatic ring is 1. The lowest BCUT2D eigenvalue weighted by Gasteiger charge is -2.13. The first-order chi connectivity index (χ1) is 14.0. The van der Waals surface area contributed by atoms with E-state index in [2.05, 4.69) is 21.9 Å². The van der Waals surface area contributed by atoms with Crippen LogP contribution >= 0.6 is 22.7 Å². The number of pyridine rings is 1. The largest absolute Gasteiger partial charge is 0.397 e. The quantitative estimate of drug-likeness (QED) is 0.356. The minimum absolute atomic E-state index is 0.192. The van der Waals surface area contributed by atoms with E-state index in [1.807, 2.05) is 17.5 Å². The van der Waals surface area contributed by atoms with Crippen molar-refractivity contribution in [3.8, 4) is 16.5 Å². The Labute approximate surface area is 172 Å². The number of anilines is 3. The Bertz CT molecular complexity index is 1260. The molecule has 7 nitrogen and oxygen atoms in total. The number of amides is 1. The fourth-order valence-electron chi connectivity index (χ4n) is 2.87. The third-order valence-electron chi connectivity index (χ3n) is 4.15. The lowest BCUT2D eigenvalue weighted by atomic mass is 10.0. The predicted molar refractivity (Wildman–Crippen MR) is 114 cm³/mol. The van der Waals surface area contributed by atoms with E-state index in [1.54, 1.807) is 12.1 Å². The lowest BCUT2D eigenvalue weighted by Crippen LogP contribution is -2.12. The first kappa shape index (κ1) is 18.7. The SMILES string of the molecule is N#Cc1c(NNc2ccc(F)cc2)nc2sc(C(N)=O)c(N)c2c1-c1cccs1. The van der Waals surface area contributed by atoms with Crippen molar-refractivity contribution < 1.29 is 9.18 Å². The van der Waals surface area contributed by atoms with Crippen molar-refractivity contribution in [2.75, 3.05) is 16.6 Å². The molecule has 10 heteroatoms. The smallest absolute Gasteiger partial charge is 0.260 e. The van der Waals surface area contributed by atoms with E-state index in [0.717, 1.165) is 16.2 Å². The lowest BCUT2D eigenvalue weighted by molar-refractivity contribution is 0.100. The van der Waals surface area contributed by atoms with Crippen molar-refractivity contribution in [1.82, 2.24) is 4.98 Å². The standard InChI is InChI=1S/C19H13FN6OS2/c20-9-3-5-10(6-4-9)25-26-18-11(8-21)13(12-2-1-7-28-12)14-15(22)16(17(23)27)29-19(14)24-18/h1-7,25H,22H2,(H2,23,27)(H,24,26). The monoisotopic (exact) mass is 424 g/mol. The molecule has 29 heavy (non-hydrogen) atoms. The van der Waals surface area contributed by atoms with Crippen molar-refractivity contribution in [3.05, 3.63) is 58.0 Å². The van der Waals surface area contributed by atoms with Crippen LogP contribution in [-0.2, 0) is 0 Å². The van der Waals surface area contributed by atoms with Crippen LogP contribution in [0.3, 0.4) is 0 Å². The predicted octanol–water partition coefficient (Wildman–Crippen LogP) is 4.16. The Morgan fingerprint density at radius 1 is 1.21 bits per heavy atom. The summed E-state index contributed by atoms with van der Waals surface area (Å²) in [4.78, 5) is 17.7. The maximum Gasteiger partial charge on any atom is 0.260 e. The number of aromatic nitrogens is 1. The molecule has 4 rings (SSSR count). The van der Waals surface area contributed by atoms with Gasteiger partial charge in [0.25, 0.3) is 5.91 Å². The van der Waals surface area contributed by atoms with Gasteiger partial charge in [-0.2, -0.15) is 5.26 Å². The van der Waals surface area contributed by atoms with E-state index in [0.29, 0.717) is 21.5 Å². The molecule has 0 atom stereocenters. The second-order valence-electron chi connectivity index (χ2n) is 5.95. The van der Waals surface area contributed by atoms with E-state index >= 15 is 0 Å². The van der Waals surface area contributed by atoms with Gasteiger partial charge in [-0.05, 0) is 35.7 Å². The first-order valence-electron chi connectivity index (χ1n) is 8.27. The highest BCUT2D eigenvalue weighted by atomic mass is 32.1. The number of nitrogens with zero attached hydrogens (tertiary/aromatic N) is 2. The van der Waals surface area contributed by atoms with E-state index in [9.17, 15) is 14.4 Å². The fraction of sp³-hybridized carbons (Fsp3) is 0. The zero-order valence-electron chi connectivity index (χ0n) is 14.7. The maximum absolute atomic E-state index is 13.1. The summed E-state index contributed by atoms with van der Waals surface area (Å²) in [5.41, 5.74) is 19.1. The van der Waals surface area contributed by atoms with E-state index < -0.39 is 5.91 Å². The molecule has 0 fully saturated rings. The highest BCUT2D eigenvalue weighted by Crippen LogP contribution is 2.44. The minimum atomic E-state index is -0.653. The summed E-state index contributed by atoms with van der Waals surface area (Å²) >= 11 is 2.50. The van der Waals surface area contributed by atoms with Gasteiger partial charge in [0.05, 0.1) is 11.4 Å². The molecule has 0 saturated carbocycles.